The Labute approximate surface area is 463 Å². The second kappa shape index (κ2) is 26.6. The van der Waals surface area contributed by atoms with Gasteiger partial charge in [0.15, 0.2) is 0 Å². The fourth-order valence-electron chi connectivity index (χ4n) is 12.5. The minimum absolute atomic E-state index is 0.0184. The number of ether oxygens (including phenoxy) is 3. The molecule has 14 heteroatoms. The highest BCUT2D eigenvalue weighted by molar-refractivity contribution is 7.16. The van der Waals surface area contributed by atoms with Crippen molar-refractivity contribution in [2.24, 2.45) is 23.7 Å². The molecular weight excluding hydrogens is 1010 g/mol. The van der Waals surface area contributed by atoms with E-state index in [0.717, 1.165) is 130 Å². The molecule has 0 bridgehead atoms. The highest BCUT2D eigenvalue weighted by atomic mass is 32.1. The van der Waals surface area contributed by atoms with Crippen LogP contribution in [-0.4, -0.2) is 82.7 Å². The van der Waals surface area contributed by atoms with Crippen molar-refractivity contribution in [1.82, 2.24) is 0 Å². The number of allylic oxidation sites excluding steroid dienone is 2. The van der Waals surface area contributed by atoms with Crippen LogP contribution in [0.5, 0.6) is 11.5 Å². The van der Waals surface area contributed by atoms with Crippen LogP contribution < -0.4 is 19.3 Å². The molecule has 2 heterocycles. The Morgan fingerprint density at radius 1 is 0.519 bits per heavy atom. The standard InChI is InChI=1S/C32H41NO5S.C31H39NO5S/c1-21-8-10-23(11-9-21)31(35)33(24-14-16-25(34)17-15-24)28-20-29(39-30(28)32(36)37-2)22-12-18-27(19-13-22)38-26-6-4-3-5-7-26;1-20-7-9-22(10-8-20)30(34)32(23-13-15-24(33)16-14-23)27-19-28(38-29(27)31(35)36)21-11-17-26(18-12-21)37-25-5-3-2-4-6-25/h3-7,12,20-21,23-25,27,34H,8-11,13-19H2,1-2H3;2-6,11,19-20,22-24,26,33H,7-10,12-18H2,1H3,(H,35,36). The second-order valence-corrected chi connectivity index (χ2v) is 24.9. The Hall–Kier alpha value is -5.28. The van der Waals surface area contributed by atoms with Gasteiger partial charge in [-0.15, -0.1) is 22.7 Å². The summed E-state index contributed by atoms with van der Waals surface area (Å²) in [4.78, 5) is 60.1. The molecule has 3 N–H and O–H groups in total. The molecule has 4 aromatic rings. The van der Waals surface area contributed by atoms with E-state index in [2.05, 4.69) is 32.1 Å². The lowest BCUT2D eigenvalue weighted by Gasteiger charge is -2.39. The number of nitrogens with zero attached hydrogens (tertiary/aromatic N) is 2. The molecule has 2 aromatic carbocycles. The number of benzene rings is 2. The lowest BCUT2D eigenvalue weighted by atomic mass is 9.81. The monoisotopic (exact) mass is 1090 g/mol. The predicted octanol–water partition coefficient (Wildman–Crippen LogP) is 13.9. The van der Waals surface area contributed by atoms with E-state index in [1.165, 1.54) is 35.4 Å². The van der Waals surface area contributed by atoms with E-state index >= 15 is 0 Å². The van der Waals surface area contributed by atoms with E-state index in [9.17, 15) is 34.5 Å². The molecule has 0 radical (unpaired) electrons. The SMILES string of the molecule is CC1CCC(C(=O)N(c2cc(C3=CCC(Oc4ccccc4)CC3)sc2C(=O)O)C2CCC(O)CC2)CC1.COC(=O)c1sc(C2=CCC(Oc3ccccc3)CC2)cc1N(C(=O)C1CCC(C)CC1)C1CCC(O)CC1. The van der Waals surface area contributed by atoms with Gasteiger partial charge >= 0.3 is 11.9 Å². The maximum absolute atomic E-state index is 14.1. The number of carbonyl (C=O) groups is 4. The molecule has 414 valence electrons. The van der Waals surface area contributed by atoms with Crippen molar-refractivity contribution in [3.8, 4) is 11.5 Å². The molecule has 4 fully saturated rings. The van der Waals surface area contributed by atoms with Gasteiger partial charge < -0.3 is 39.3 Å². The molecule has 6 aliphatic carbocycles. The van der Waals surface area contributed by atoms with Crippen molar-refractivity contribution >= 4 is 68.9 Å². The van der Waals surface area contributed by atoms with Crippen molar-refractivity contribution in [2.45, 2.75) is 192 Å². The van der Waals surface area contributed by atoms with Crippen molar-refractivity contribution in [2.75, 3.05) is 16.9 Å². The van der Waals surface area contributed by atoms with Crippen molar-refractivity contribution in [3.05, 3.63) is 104 Å². The topological polar surface area (TPSA) is 163 Å². The Balaban J connectivity index is 0.000000188. The van der Waals surface area contributed by atoms with Gasteiger partial charge in [-0.25, -0.2) is 9.59 Å². The fraction of sp³-hybridized carbons (Fsp3) is 0.556. The number of aliphatic hydroxyl groups excluding tert-OH is 2. The van der Waals surface area contributed by atoms with Crippen LogP contribution in [0.1, 0.15) is 184 Å². The molecular formula is C63H80N2O10S2. The predicted molar refractivity (Wildman–Crippen MR) is 306 cm³/mol. The molecule has 2 unspecified atom stereocenters. The van der Waals surface area contributed by atoms with Gasteiger partial charge in [0.25, 0.3) is 0 Å². The van der Waals surface area contributed by atoms with Crippen LogP contribution in [0.15, 0.2) is 84.9 Å². The highest BCUT2D eigenvalue weighted by Crippen LogP contribution is 2.45. The first-order valence-corrected chi connectivity index (χ1v) is 30.4. The Bertz CT molecular complexity index is 2670. The minimum Gasteiger partial charge on any atom is -0.490 e. The van der Waals surface area contributed by atoms with E-state index in [0.29, 0.717) is 66.6 Å². The molecule has 77 heavy (non-hydrogen) atoms. The van der Waals surface area contributed by atoms with Gasteiger partial charge in [0, 0.05) is 46.5 Å². The molecule has 0 spiro atoms. The summed E-state index contributed by atoms with van der Waals surface area (Å²) in [5, 5.41) is 30.5. The molecule has 4 saturated carbocycles. The summed E-state index contributed by atoms with van der Waals surface area (Å²) >= 11 is 2.72. The average molecular weight is 1090 g/mol. The van der Waals surface area contributed by atoms with Gasteiger partial charge in [0.2, 0.25) is 11.8 Å². The number of carboxylic acid groups (broad SMARTS) is 1. The van der Waals surface area contributed by atoms with Crippen LogP contribution in [0.3, 0.4) is 0 Å². The summed E-state index contributed by atoms with van der Waals surface area (Å²) < 4.78 is 17.5. The van der Waals surface area contributed by atoms with Crippen LogP contribution in [0.4, 0.5) is 11.4 Å². The highest BCUT2D eigenvalue weighted by Gasteiger charge is 2.40. The Morgan fingerprint density at radius 3 is 1.27 bits per heavy atom. The average Bonchev–Trinajstić information content (AvgIpc) is 4.12. The molecule has 12 nitrogen and oxygen atoms in total. The summed E-state index contributed by atoms with van der Waals surface area (Å²) in [5.41, 5.74) is 3.57. The minimum atomic E-state index is -0.983. The van der Waals surface area contributed by atoms with E-state index in [1.54, 1.807) is 0 Å². The molecule has 2 amide bonds. The number of para-hydroxylation sites is 2. The van der Waals surface area contributed by atoms with Gasteiger partial charge in [-0.1, -0.05) is 62.4 Å². The number of amides is 2. The lowest BCUT2D eigenvalue weighted by molar-refractivity contribution is -0.125. The summed E-state index contributed by atoms with van der Waals surface area (Å²) in [7, 11) is 1.41. The van der Waals surface area contributed by atoms with Gasteiger partial charge in [0.05, 0.1) is 30.7 Å². The molecule has 6 aliphatic rings. The van der Waals surface area contributed by atoms with E-state index in [4.69, 9.17) is 14.2 Å². The molecule has 2 atom stereocenters. The summed E-state index contributed by atoms with van der Waals surface area (Å²) in [6, 6.07) is 23.7. The fourth-order valence-corrected chi connectivity index (χ4v) is 14.7. The summed E-state index contributed by atoms with van der Waals surface area (Å²) in [6.07, 6.45) is 22.1. The molecule has 10 rings (SSSR count). The number of hydrogen-bond donors (Lipinski definition) is 3. The first-order valence-electron chi connectivity index (χ1n) is 28.7. The largest absolute Gasteiger partial charge is 0.490 e. The molecule has 2 aromatic heterocycles. The van der Waals surface area contributed by atoms with Crippen LogP contribution in [0, 0.1) is 23.7 Å². The van der Waals surface area contributed by atoms with Crippen molar-refractivity contribution in [1.29, 1.82) is 0 Å². The Morgan fingerprint density at radius 2 is 0.909 bits per heavy atom. The van der Waals surface area contributed by atoms with Gasteiger partial charge in [-0.3, -0.25) is 9.59 Å². The number of aromatic carboxylic acids is 1. The number of thiophene rings is 2. The zero-order valence-electron chi connectivity index (χ0n) is 45.3. The number of carboxylic acids is 1. The first-order chi connectivity index (χ1) is 37.3. The van der Waals surface area contributed by atoms with Crippen LogP contribution in [0.25, 0.3) is 11.1 Å². The number of esters is 1. The number of rotatable bonds is 14. The third-order valence-corrected chi connectivity index (χ3v) is 19.6. The molecule has 0 aliphatic heterocycles. The lowest BCUT2D eigenvalue weighted by Crippen LogP contribution is -2.47. The van der Waals surface area contributed by atoms with E-state index in [-0.39, 0.29) is 65.0 Å². The number of anilines is 2. The van der Waals surface area contributed by atoms with Crippen molar-refractivity contribution in [3.63, 3.8) is 0 Å². The van der Waals surface area contributed by atoms with E-state index < -0.39 is 11.9 Å². The maximum Gasteiger partial charge on any atom is 0.350 e. The second-order valence-electron chi connectivity index (χ2n) is 22.8. The number of methoxy groups -OCH3 is 1. The summed E-state index contributed by atoms with van der Waals surface area (Å²) in [5.74, 6) is 1.77. The quantitative estimate of drug-likeness (QED) is 0.104. The third-order valence-electron chi connectivity index (χ3n) is 17.2. The number of aliphatic hydroxyl groups is 2. The van der Waals surface area contributed by atoms with Gasteiger partial charge in [-0.2, -0.15) is 0 Å². The van der Waals surface area contributed by atoms with E-state index in [1.807, 2.05) is 76.5 Å². The van der Waals surface area contributed by atoms with Crippen LogP contribution >= 0.6 is 22.7 Å². The zero-order chi connectivity index (χ0) is 54.0. The molecule has 0 saturated heterocycles. The Kier molecular flexibility index (Phi) is 19.5. The third kappa shape index (κ3) is 14.3. The smallest absolute Gasteiger partial charge is 0.350 e. The van der Waals surface area contributed by atoms with Crippen LogP contribution in [-0.2, 0) is 14.3 Å². The van der Waals surface area contributed by atoms with Crippen molar-refractivity contribution < 1.29 is 48.7 Å². The first kappa shape index (κ1) is 56.4. The summed E-state index contributed by atoms with van der Waals surface area (Å²) in [6.45, 7) is 4.50. The van der Waals surface area contributed by atoms with Gasteiger partial charge in [0.1, 0.15) is 33.5 Å². The van der Waals surface area contributed by atoms with Gasteiger partial charge in [-0.05, 0) is 188 Å². The normalized spacial score (nSPS) is 27.6. The zero-order valence-corrected chi connectivity index (χ0v) is 47.0. The number of hydrogen-bond acceptors (Lipinski definition) is 11. The maximum atomic E-state index is 14.1. The number of carbonyl (C=O) groups excluding carboxylic acids is 3. The van der Waals surface area contributed by atoms with Crippen LogP contribution in [0.2, 0.25) is 0 Å².